The minimum absolute atomic E-state index is 0.0560. The summed E-state index contributed by atoms with van der Waals surface area (Å²) < 4.78 is 19.5. The third-order valence-electron chi connectivity index (χ3n) is 3.93. The molecule has 0 amide bonds. The van der Waals surface area contributed by atoms with Crippen molar-refractivity contribution in [1.82, 2.24) is 0 Å². The summed E-state index contributed by atoms with van der Waals surface area (Å²) in [6.45, 7) is 0.546. The predicted molar refractivity (Wildman–Crippen MR) is 75.5 cm³/mol. The Morgan fingerprint density at radius 1 is 1.15 bits per heavy atom. The van der Waals surface area contributed by atoms with E-state index in [1.54, 1.807) is 18.2 Å². The molecule has 2 aromatic carbocycles. The van der Waals surface area contributed by atoms with Crippen LogP contribution in [0, 0.1) is 5.82 Å². The van der Waals surface area contributed by atoms with Crippen LogP contribution in [0.3, 0.4) is 0 Å². The largest absolute Gasteiger partial charge is 0.493 e. The van der Waals surface area contributed by atoms with Crippen LogP contribution in [-0.2, 0) is 0 Å². The molecule has 104 valence electrons. The lowest BCUT2D eigenvalue weighted by Crippen LogP contribution is -2.12. The highest BCUT2D eigenvalue weighted by molar-refractivity contribution is 5.40. The zero-order chi connectivity index (χ0) is 13.9. The van der Waals surface area contributed by atoms with Crippen molar-refractivity contribution < 1.29 is 14.2 Å². The van der Waals surface area contributed by atoms with E-state index < -0.39 is 0 Å². The van der Waals surface area contributed by atoms with Gasteiger partial charge in [0.15, 0.2) is 0 Å². The Kier molecular flexibility index (Phi) is 3.70. The first-order valence-electron chi connectivity index (χ1n) is 6.86. The van der Waals surface area contributed by atoms with Crippen LogP contribution in [0.1, 0.15) is 29.4 Å². The molecule has 2 aromatic rings. The summed E-state index contributed by atoms with van der Waals surface area (Å²) >= 11 is 0. The number of halogens is 1. The van der Waals surface area contributed by atoms with Gasteiger partial charge < -0.3 is 9.84 Å². The van der Waals surface area contributed by atoms with Crippen LogP contribution in [0.25, 0.3) is 0 Å². The summed E-state index contributed by atoms with van der Waals surface area (Å²) in [4.78, 5) is 0. The van der Waals surface area contributed by atoms with Gasteiger partial charge in [-0.25, -0.2) is 4.39 Å². The summed E-state index contributed by atoms with van der Waals surface area (Å²) in [6, 6.07) is 14.6. The molecule has 0 spiro atoms. The lowest BCUT2D eigenvalue weighted by Gasteiger charge is -2.19. The molecular weight excluding hydrogens is 255 g/mol. The van der Waals surface area contributed by atoms with E-state index in [0.717, 1.165) is 11.3 Å². The molecule has 20 heavy (non-hydrogen) atoms. The van der Waals surface area contributed by atoms with Crippen molar-refractivity contribution in [3.8, 4) is 5.75 Å². The fourth-order valence-corrected chi connectivity index (χ4v) is 2.87. The number of hydrogen-bond acceptors (Lipinski definition) is 2. The summed E-state index contributed by atoms with van der Waals surface area (Å²) in [5, 5.41) is 9.60. The van der Waals surface area contributed by atoms with E-state index in [0.29, 0.717) is 18.6 Å². The number of rotatable bonds is 4. The van der Waals surface area contributed by atoms with Gasteiger partial charge in [-0.3, -0.25) is 0 Å². The van der Waals surface area contributed by atoms with Gasteiger partial charge in [-0.15, -0.1) is 0 Å². The fourth-order valence-electron chi connectivity index (χ4n) is 2.87. The van der Waals surface area contributed by atoms with Crippen LogP contribution in [0.2, 0.25) is 0 Å². The van der Waals surface area contributed by atoms with E-state index in [4.69, 9.17) is 4.74 Å². The van der Waals surface area contributed by atoms with Crippen LogP contribution in [0.4, 0.5) is 4.39 Å². The van der Waals surface area contributed by atoms with Gasteiger partial charge in [-0.05, 0) is 24.1 Å². The third-order valence-corrected chi connectivity index (χ3v) is 3.93. The van der Waals surface area contributed by atoms with Crippen molar-refractivity contribution in [2.45, 2.75) is 18.3 Å². The second kappa shape index (κ2) is 5.63. The second-order valence-electron chi connectivity index (χ2n) is 5.18. The molecule has 1 N–H and O–H groups in total. The number of benzene rings is 2. The Morgan fingerprint density at radius 3 is 2.70 bits per heavy atom. The molecular formula is C17H17FO2. The molecule has 2 unspecified atom stereocenters. The number of aliphatic hydroxyl groups is 1. The maximum atomic E-state index is 13.9. The zero-order valence-electron chi connectivity index (χ0n) is 11.1. The van der Waals surface area contributed by atoms with Gasteiger partial charge in [0.2, 0.25) is 0 Å². The second-order valence-corrected chi connectivity index (χ2v) is 5.18. The molecule has 0 aliphatic carbocycles. The van der Waals surface area contributed by atoms with Crippen molar-refractivity contribution in [2.24, 2.45) is 0 Å². The molecule has 0 radical (unpaired) electrons. The van der Waals surface area contributed by atoms with Crippen LogP contribution in [-0.4, -0.2) is 18.3 Å². The Morgan fingerprint density at radius 2 is 1.90 bits per heavy atom. The number of ether oxygens (including phenoxy) is 1. The number of hydrogen-bond donors (Lipinski definition) is 1. The monoisotopic (exact) mass is 272 g/mol. The summed E-state index contributed by atoms with van der Waals surface area (Å²) in [7, 11) is 0. The van der Waals surface area contributed by atoms with Gasteiger partial charge in [-0.2, -0.15) is 0 Å². The number of fused-ring (bicyclic) bond motifs is 1. The molecule has 1 heterocycles. The van der Waals surface area contributed by atoms with Crippen LogP contribution >= 0.6 is 0 Å². The van der Waals surface area contributed by atoms with Crippen LogP contribution in [0.15, 0.2) is 48.5 Å². The fraction of sp³-hybridized carbons (Fsp3) is 0.294. The molecule has 0 bridgehead atoms. The Labute approximate surface area is 117 Å². The molecule has 1 aliphatic heterocycles. The minimum atomic E-state index is -0.251. The average Bonchev–Trinajstić information content (AvgIpc) is 2.89. The molecule has 1 aliphatic rings. The van der Waals surface area contributed by atoms with Gasteiger partial charge in [0.25, 0.3) is 0 Å². The van der Waals surface area contributed by atoms with E-state index in [2.05, 4.69) is 0 Å². The van der Waals surface area contributed by atoms with E-state index >= 15 is 0 Å². The standard InChI is InChI=1S/C17H17FO2/c18-16-7-3-1-5-14(16)12(10-19)9-13-11-20-17-8-4-2-6-15(13)17/h1-8,12-13,19H,9-11H2. The zero-order valence-corrected chi connectivity index (χ0v) is 11.1. The topological polar surface area (TPSA) is 29.5 Å². The van der Waals surface area contributed by atoms with E-state index in [1.807, 2.05) is 24.3 Å². The van der Waals surface area contributed by atoms with Crippen molar-refractivity contribution in [1.29, 1.82) is 0 Å². The normalized spacial score (nSPS) is 18.4. The summed E-state index contributed by atoms with van der Waals surface area (Å²) in [5.74, 6) is 0.667. The SMILES string of the molecule is OCC(CC1COc2ccccc21)c1ccccc1F. The first-order chi connectivity index (χ1) is 9.79. The minimum Gasteiger partial charge on any atom is -0.493 e. The Balaban J connectivity index is 1.82. The van der Waals surface area contributed by atoms with E-state index in [1.165, 1.54) is 6.07 Å². The van der Waals surface area contributed by atoms with Crippen molar-refractivity contribution in [2.75, 3.05) is 13.2 Å². The first-order valence-corrected chi connectivity index (χ1v) is 6.86. The van der Waals surface area contributed by atoms with Crippen molar-refractivity contribution in [3.63, 3.8) is 0 Å². The average molecular weight is 272 g/mol. The predicted octanol–water partition coefficient (Wildman–Crippen LogP) is 3.47. The number of aliphatic hydroxyl groups excluding tert-OH is 1. The van der Waals surface area contributed by atoms with Gasteiger partial charge in [0.1, 0.15) is 11.6 Å². The van der Waals surface area contributed by atoms with Gasteiger partial charge in [0, 0.05) is 17.4 Å². The number of para-hydroxylation sites is 1. The van der Waals surface area contributed by atoms with Gasteiger partial charge >= 0.3 is 0 Å². The molecule has 3 heteroatoms. The lowest BCUT2D eigenvalue weighted by molar-refractivity contribution is 0.240. The molecule has 3 rings (SSSR count). The van der Waals surface area contributed by atoms with Crippen molar-refractivity contribution in [3.05, 3.63) is 65.5 Å². The Hall–Kier alpha value is -1.87. The van der Waals surface area contributed by atoms with Gasteiger partial charge in [-0.1, -0.05) is 36.4 Å². The van der Waals surface area contributed by atoms with Gasteiger partial charge in [0.05, 0.1) is 13.2 Å². The first kappa shape index (κ1) is 13.1. The molecule has 0 fully saturated rings. The molecule has 2 atom stereocenters. The smallest absolute Gasteiger partial charge is 0.126 e. The van der Waals surface area contributed by atoms with Crippen LogP contribution < -0.4 is 4.74 Å². The molecule has 0 saturated heterocycles. The lowest BCUT2D eigenvalue weighted by atomic mass is 9.86. The van der Waals surface area contributed by atoms with E-state index in [-0.39, 0.29) is 24.3 Å². The quantitative estimate of drug-likeness (QED) is 0.923. The highest BCUT2D eigenvalue weighted by Crippen LogP contribution is 2.39. The molecule has 2 nitrogen and oxygen atoms in total. The Bertz CT molecular complexity index is 597. The summed E-state index contributed by atoms with van der Waals surface area (Å²) in [5.41, 5.74) is 1.74. The highest BCUT2D eigenvalue weighted by atomic mass is 19.1. The van der Waals surface area contributed by atoms with E-state index in [9.17, 15) is 9.50 Å². The third kappa shape index (κ3) is 2.41. The summed E-state index contributed by atoms with van der Waals surface area (Å²) in [6.07, 6.45) is 0.689. The molecule has 0 saturated carbocycles. The van der Waals surface area contributed by atoms with Crippen molar-refractivity contribution >= 4 is 0 Å². The van der Waals surface area contributed by atoms with Crippen LogP contribution in [0.5, 0.6) is 5.75 Å². The maximum Gasteiger partial charge on any atom is 0.126 e. The maximum absolute atomic E-state index is 13.9. The molecule has 0 aromatic heterocycles. The highest BCUT2D eigenvalue weighted by Gasteiger charge is 2.27.